The van der Waals surface area contributed by atoms with Gasteiger partial charge in [0.2, 0.25) is 11.8 Å². The number of likely N-dealkylation sites (tertiary alicyclic amines) is 2. The standard InChI is InChI=1S/C24H34N4O3/c29-23(11-14-31-19-6-2-1-3-7-19)27-13-10-22-18(16-27)5-4-12-28(22)24(30)21-15-20(25-26-21)17-8-9-17/h1-3,6-7,17-18,20-22,25-26H,4-5,8-16H2/t18-,20?,21?,22+/m1/s1. The first-order valence-corrected chi connectivity index (χ1v) is 12.0. The largest absolute Gasteiger partial charge is 0.493 e. The minimum atomic E-state index is -0.0980. The van der Waals surface area contributed by atoms with Crippen LogP contribution in [0.5, 0.6) is 5.75 Å². The zero-order chi connectivity index (χ0) is 21.2. The van der Waals surface area contributed by atoms with Crippen molar-refractivity contribution in [3.05, 3.63) is 30.3 Å². The van der Waals surface area contributed by atoms with Crippen molar-refractivity contribution in [2.45, 2.75) is 63.1 Å². The van der Waals surface area contributed by atoms with Gasteiger partial charge in [0.1, 0.15) is 11.8 Å². The van der Waals surface area contributed by atoms with E-state index in [0.717, 1.165) is 57.0 Å². The predicted octanol–water partition coefficient (Wildman–Crippen LogP) is 1.94. The number of hydrazine groups is 1. The van der Waals surface area contributed by atoms with Crippen LogP contribution in [0.1, 0.15) is 44.9 Å². The molecule has 4 aliphatic rings. The third kappa shape index (κ3) is 4.72. The lowest BCUT2D eigenvalue weighted by Crippen LogP contribution is -2.59. The van der Waals surface area contributed by atoms with E-state index in [4.69, 9.17) is 4.74 Å². The Kier molecular flexibility index (Phi) is 6.14. The Morgan fingerprint density at radius 3 is 2.65 bits per heavy atom. The van der Waals surface area contributed by atoms with Crippen molar-refractivity contribution in [2.75, 3.05) is 26.2 Å². The maximum atomic E-state index is 13.3. The van der Waals surface area contributed by atoms with E-state index in [1.807, 2.05) is 35.2 Å². The van der Waals surface area contributed by atoms with Gasteiger partial charge in [-0.25, -0.2) is 5.43 Å². The first-order valence-electron chi connectivity index (χ1n) is 12.0. The molecule has 5 rings (SSSR count). The lowest BCUT2D eigenvalue weighted by Gasteiger charge is -2.47. The number of nitrogens with zero attached hydrogens (tertiary/aromatic N) is 2. The van der Waals surface area contributed by atoms with Gasteiger partial charge in [0, 0.05) is 31.7 Å². The van der Waals surface area contributed by atoms with E-state index in [2.05, 4.69) is 15.8 Å². The molecule has 1 aromatic rings. The molecule has 1 aliphatic carbocycles. The highest BCUT2D eigenvalue weighted by Crippen LogP contribution is 2.37. The molecule has 2 N–H and O–H groups in total. The summed E-state index contributed by atoms with van der Waals surface area (Å²) in [5.74, 6) is 2.35. The van der Waals surface area contributed by atoms with Crippen LogP contribution >= 0.6 is 0 Å². The molecule has 3 saturated heterocycles. The molecule has 0 aromatic heterocycles. The number of carbonyl (C=O) groups excluding carboxylic acids is 2. The van der Waals surface area contributed by atoms with E-state index >= 15 is 0 Å². The van der Waals surface area contributed by atoms with Crippen molar-refractivity contribution >= 4 is 11.8 Å². The molecule has 4 atom stereocenters. The average Bonchev–Trinajstić information content (AvgIpc) is 3.55. The minimum Gasteiger partial charge on any atom is -0.493 e. The van der Waals surface area contributed by atoms with Gasteiger partial charge in [-0.15, -0.1) is 0 Å². The summed E-state index contributed by atoms with van der Waals surface area (Å²) in [7, 11) is 0. The number of ether oxygens (including phenoxy) is 1. The van der Waals surface area contributed by atoms with Crippen molar-refractivity contribution in [2.24, 2.45) is 11.8 Å². The average molecular weight is 427 g/mol. The molecule has 31 heavy (non-hydrogen) atoms. The van der Waals surface area contributed by atoms with Crippen LogP contribution in [0.25, 0.3) is 0 Å². The van der Waals surface area contributed by atoms with E-state index in [1.54, 1.807) is 0 Å². The lowest BCUT2D eigenvalue weighted by molar-refractivity contribution is -0.143. The molecule has 0 spiro atoms. The third-order valence-electron chi connectivity index (χ3n) is 7.45. The summed E-state index contributed by atoms with van der Waals surface area (Å²) in [5, 5.41) is 0. The number of rotatable bonds is 6. The highest BCUT2D eigenvalue weighted by molar-refractivity contribution is 5.83. The number of hydrogen-bond acceptors (Lipinski definition) is 5. The van der Waals surface area contributed by atoms with Crippen molar-refractivity contribution in [3.63, 3.8) is 0 Å². The summed E-state index contributed by atoms with van der Waals surface area (Å²) in [6.45, 7) is 2.75. The Labute approximate surface area is 184 Å². The van der Waals surface area contributed by atoms with E-state index in [1.165, 1.54) is 12.8 Å². The monoisotopic (exact) mass is 426 g/mol. The fourth-order valence-corrected chi connectivity index (χ4v) is 5.59. The predicted molar refractivity (Wildman–Crippen MR) is 117 cm³/mol. The Balaban J connectivity index is 1.12. The number of amides is 2. The summed E-state index contributed by atoms with van der Waals surface area (Å²) >= 11 is 0. The van der Waals surface area contributed by atoms with Crippen LogP contribution < -0.4 is 15.6 Å². The van der Waals surface area contributed by atoms with Crippen molar-refractivity contribution in [1.82, 2.24) is 20.7 Å². The summed E-state index contributed by atoms with van der Waals surface area (Å²) < 4.78 is 5.70. The summed E-state index contributed by atoms with van der Waals surface area (Å²) in [6.07, 6.45) is 6.88. The van der Waals surface area contributed by atoms with Gasteiger partial charge in [-0.3, -0.25) is 15.0 Å². The van der Waals surface area contributed by atoms with E-state index in [9.17, 15) is 9.59 Å². The first kappa shape index (κ1) is 20.8. The zero-order valence-electron chi connectivity index (χ0n) is 18.2. The number of fused-ring (bicyclic) bond motifs is 1. The number of benzene rings is 1. The van der Waals surface area contributed by atoms with Crippen molar-refractivity contribution in [3.8, 4) is 5.75 Å². The number of para-hydroxylation sites is 1. The van der Waals surface area contributed by atoms with Crippen LogP contribution in [-0.4, -0.2) is 66.0 Å². The molecule has 2 amide bonds. The molecular weight excluding hydrogens is 392 g/mol. The molecule has 4 fully saturated rings. The summed E-state index contributed by atoms with van der Waals surface area (Å²) in [6, 6.07) is 10.3. The molecule has 7 nitrogen and oxygen atoms in total. The van der Waals surface area contributed by atoms with Crippen LogP contribution in [0.4, 0.5) is 0 Å². The van der Waals surface area contributed by atoms with E-state index in [-0.39, 0.29) is 23.9 Å². The van der Waals surface area contributed by atoms with Gasteiger partial charge in [0.15, 0.2) is 0 Å². The van der Waals surface area contributed by atoms with Crippen LogP contribution in [0.2, 0.25) is 0 Å². The van der Waals surface area contributed by atoms with Crippen LogP contribution in [0.15, 0.2) is 30.3 Å². The van der Waals surface area contributed by atoms with Gasteiger partial charge < -0.3 is 14.5 Å². The molecular formula is C24H34N4O3. The highest BCUT2D eigenvalue weighted by atomic mass is 16.5. The number of piperidine rings is 2. The quantitative estimate of drug-likeness (QED) is 0.727. The maximum Gasteiger partial charge on any atom is 0.241 e. The molecule has 3 aliphatic heterocycles. The van der Waals surface area contributed by atoms with Crippen molar-refractivity contribution < 1.29 is 14.3 Å². The Bertz CT molecular complexity index is 784. The normalized spacial score (nSPS) is 30.7. The number of nitrogens with one attached hydrogen (secondary N) is 2. The molecule has 3 heterocycles. The second-order valence-corrected chi connectivity index (χ2v) is 9.56. The van der Waals surface area contributed by atoms with Gasteiger partial charge in [-0.1, -0.05) is 18.2 Å². The maximum absolute atomic E-state index is 13.3. The van der Waals surface area contributed by atoms with Gasteiger partial charge >= 0.3 is 0 Å². The third-order valence-corrected chi connectivity index (χ3v) is 7.45. The van der Waals surface area contributed by atoms with Crippen LogP contribution in [-0.2, 0) is 9.59 Å². The summed E-state index contributed by atoms with van der Waals surface area (Å²) in [4.78, 5) is 30.1. The van der Waals surface area contributed by atoms with Crippen LogP contribution in [0, 0.1) is 11.8 Å². The molecule has 1 saturated carbocycles. The second kappa shape index (κ2) is 9.17. The van der Waals surface area contributed by atoms with Gasteiger partial charge in [0.05, 0.1) is 13.0 Å². The zero-order valence-corrected chi connectivity index (χ0v) is 18.2. The van der Waals surface area contributed by atoms with Crippen molar-refractivity contribution in [1.29, 1.82) is 0 Å². The SMILES string of the molecule is O=C(CCOc1ccccc1)N1CC[C@H]2[C@H](CCCN2C(=O)C2CC(C3CC3)NN2)C1. The van der Waals surface area contributed by atoms with E-state index in [0.29, 0.717) is 25.0 Å². The second-order valence-electron chi connectivity index (χ2n) is 9.56. The minimum absolute atomic E-state index is 0.0980. The summed E-state index contributed by atoms with van der Waals surface area (Å²) in [5.41, 5.74) is 6.62. The molecule has 1 aromatic carbocycles. The Hall–Kier alpha value is -2.12. The number of carbonyl (C=O) groups is 2. The fourth-order valence-electron chi connectivity index (χ4n) is 5.59. The molecule has 2 unspecified atom stereocenters. The van der Waals surface area contributed by atoms with E-state index < -0.39 is 0 Å². The van der Waals surface area contributed by atoms with Gasteiger partial charge in [-0.05, 0) is 62.5 Å². The van der Waals surface area contributed by atoms with Crippen LogP contribution in [0.3, 0.4) is 0 Å². The smallest absolute Gasteiger partial charge is 0.241 e. The molecule has 0 radical (unpaired) electrons. The van der Waals surface area contributed by atoms with Gasteiger partial charge in [0.25, 0.3) is 0 Å². The molecule has 7 heteroatoms. The van der Waals surface area contributed by atoms with Gasteiger partial charge in [-0.2, -0.15) is 0 Å². The fraction of sp³-hybridized carbons (Fsp3) is 0.667. The Morgan fingerprint density at radius 2 is 1.84 bits per heavy atom. The first-order chi connectivity index (χ1) is 15.2. The molecule has 168 valence electrons. The Morgan fingerprint density at radius 1 is 1.00 bits per heavy atom. The number of hydrogen-bond donors (Lipinski definition) is 2. The topological polar surface area (TPSA) is 73.9 Å². The highest BCUT2D eigenvalue weighted by Gasteiger charge is 2.44. The molecule has 0 bridgehead atoms. The lowest BCUT2D eigenvalue weighted by atomic mass is 9.83.